The second-order valence-corrected chi connectivity index (χ2v) is 10.2. The summed E-state index contributed by atoms with van der Waals surface area (Å²) in [4.78, 5) is 23.7. The third-order valence-corrected chi connectivity index (χ3v) is 7.43. The molecule has 2 aliphatic rings. The van der Waals surface area contributed by atoms with Gasteiger partial charge in [0.1, 0.15) is 24.3 Å². The molecule has 4 rings (SSSR count). The minimum atomic E-state index is -0.455. The van der Waals surface area contributed by atoms with Crippen LogP contribution in [-0.4, -0.2) is 43.5 Å². The zero-order valence-electron chi connectivity index (χ0n) is 23.9. The number of rotatable bonds is 9. The highest BCUT2D eigenvalue weighted by atomic mass is 79.9. The molecule has 2 aromatic rings. The molecule has 0 saturated heterocycles. The minimum Gasteiger partial charge on any atom is -0.492 e. The molecule has 2 unspecified atom stereocenters. The monoisotopic (exact) mass is 619 g/mol. The number of hydrogen-bond acceptors (Lipinski definition) is 4. The third kappa shape index (κ3) is 10.0. The van der Waals surface area contributed by atoms with Crippen molar-refractivity contribution in [2.45, 2.75) is 69.8 Å². The van der Waals surface area contributed by atoms with Crippen molar-refractivity contribution < 1.29 is 29.2 Å². The molecule has 220 valence electrons. The van der Waals surface area contributed by atoms with Crippen molar-refractivity contribution in [1.29, 1.82) is 0 Å². The van der Waals surface area contributed by atoms with Crippen LogP contribution in [0.4, 0.5) is 4.39 Å². The van der Waals surface area contributed by atoms with Gasteiger partial charge in [-0.15, -0.1) is 0 Å². The number of halogens is 2. The molecule has 0 radical (unpaired) electrons. The lowest BCUT2D eigenvalue weighted by Crippen LogP contribution is -2.53. The van der Waals surface area contributed by atoms with Crippen LogP contribution in [-0.2, 0) is 19.7 Å². The van der Waals surface area contributed by atoms with Crippen LogP contribution < -0.4 is 15.8 Å². The summed E-state index contributed by atoms with van der Waals surface area (Å²) in [6, 6.07) is 16.2. The maximum atomic E-state index is 13.3. The van der Waals surface area contributed by atoms with Gasteiger partial charge in [-0.1, -0.05) is 90.2 Å². The summed E-state index contributed by atoms with van der Waals surface area (Å²) in [5.74, 6) is 2.14. The number of alkyl halides is 1. The first-order valence-corrected chi connectivity index (χ1v) is 15.7. The van der Waals surface area contributed by atoms with Crippen LogP contribution in [0.2, 0.25) is 0 Å². The van der Waals surface area contributed by atoms with Crippen molar-refractivity contribution in [2.75, 3.05) is 25.5 Å². The highest BCUT2D eigenvalue weighted by Crippen LogP contribution is 2.43. The fraction of sp³-hybridized carbons (Fsp3) is 0.500. The SMILES string of the molecule is C=C1CC(OC(=O)C2(c3ccccc3)CCCCCC2)C1CC[NH3+].CBr.CC(=O)NCCOc1cccc(F)c1. The molecule has 2 aromatic carbocycles. The van der Waals surface area contributed by atoms with Crippen molar-refractivity contribution >= 4 is 27.8 Å². The minimum absolute atomic E-state index is 0.00981. The van der Waals surface area contributed by atoms with Crippen LogP contribution in [0.15, 0.2) is 66.7 Å². The van der Waals surface area contributed by atoms with E-state index in [-0.39, 0.29) is 23.8 Å². The van der Waals surface area contributed by atoms with Crippen LogP contribution in [0, 0.1) is 11.7 Å². The predicted octanol–water partition coefficient (Wildman–Crippen LogP) is 5.75. The molecule has 2 saturated carbocycles. The van der Waals surface area contributed by atoms with Crippen molar-refractivity contribution in [3.8, 4) is 5.75 Å². The molecule has 2 fully saturated rings. The molecule has 0 heterocycles. The number of carbonyl (C=O) groups excluding carboxylic acids is 2. The molecule has 1 amide bonds. The van der Waals surface area contributed by atoms with Crippen LogP contribution in [0.3, 0.4) is 0 Å². The van der Waals surface area contributed by atoms with Crippen molar-refractivity contribution in [3.63, 3.8) is 0 Å². The topological polar surface area (TPSA) is 92.3 Å². The Morgan fingerprint density at radius 1 is 1.07 bits per heavy atom. The van der Waals surface area contributed by atoms with E-state index in [9.17, 15) is 14.0 Å². The number of esters is 1. The summed E-state index contributed by atoms with van der Waals surface area (Å²) < 4.78 is 23.9. The standard InChI is InChI=1S/C21H29NO2.C10H12FNO2.CH3Br/c1-16-15-19(18(16)11-14-22)24-20(23)21(12-7-2-3-8-13-21)17-9-5-4-6-10-17;1-8(13)12-5-6-14-10-4-2-3-9(11)7-10;1-2/h4-6,9-10,18-19H,1-3,7-8,11-15,22H2;2-4,7H,5-6H2,1H3,(H,12,13);1H3/p+1. The largest absolute Gasteiger partial charge is 0.492 e. The molecule has 0 spiro atoms. The average Bonchev–Trinajstić information content (AvgIpc) is 3.23. The van der Waals surface area contributed by atoms with Gasteiger partial charge in [-0.05, 0) is 36.4 Å². The van der Waals surface area contributed by atoms with Gasteiger partial charge in [0.05, 0.1) is 18.5 Å². The number of benzene rings is 2. The van der Waals surface area contributed by atoms with E-state index in [4.69, 9.17) is 9.47 Å². The first kappa shape index (κ1) is 33.5. The predicted molar refractivity (Wildman–Crippen MR) is 161 cm³/mol. The quantitative estimate of drug-likeness (QED) is 0.123. The van der Waals surface area contributed by atoms with E-state index in [1.54, 1.807) is 12.1 Å². The fourth-order valence-electron chi connectivity index (χ4n) is 5.29. The summed E-state index contributed by atoms with van der Waals surface area (Å²) >= 11 is 2.94. The van der Waals surface area contributed by atoms with Gasteiger partial charge >= 0.3 is 5.97 Å². The number of carbonyl (C=O) groups is 2. The molecule has 0 aliphatic heterocycles. The van der Waals surface area contributed by atoms with Crippen molar-refractivity contribution in [1.82, 2.24) is 5.32 Å². The Bertz CT molecular complexity index is 1060. The van der Waals surface area contributed by atoms with Gasteiger partial charge in [0, 0.05) is 31.7 Å². The van der Waals surface area contributed by atoms with Crippen LogP contribution >= 0.6 is 15.9 Å². The fourth-order valence-corrected chi connectivity index (χ4v) is 5.29. The summed E-state index contributed by atoms with van der Waals surface area (Å²) in [6.45, 7) is 7.16. The number of amides is 1. The second-order valence-electron chi connectivity index (χ2n) is 10.2. The van der Waals surface area contributed by atoms with Gasteiger partial charge in [-0.3, -0.25) is 9.59 Å². The Morgan fingerprint density at radius 3 is 2.33 bits per heavy atom. The highest BCUT2D eigenvalue weighted by molar-refractivity contribution is 9.08. The lowest BCUT2D eigenvalue weighted by atomic mass is 9.72. The Morgan fingerprint density at radius 2 is 1.75 bits per heavy atom. The van der Waals surface area contributed by atoms with Gasteiger partial charge < -0.3 is 20.5 Å². The molecule has 2 aliphatic carbocycles. The summed E-state index contributed by atoms with van der Waals surface area (Å²) in [5.41, 5.74) is 5.83. The Kier molecular flexibility index (Phi) is 15.0. The molecule has 2 atom stereocenters. The van der Waals surface area contributed by atoms with Crippen LogP contribution in [0.1, 0.15) is 63.9 Å². The second kappa shape index (κ2) is 17.9. The van der Waals surface area contributed by atoms with E-state index in [1.165, 1.54) is 37.5 Å². The smallest absolute Gasteiger partial charge is 0.316 e. The maximum absolute atomic E-state index is 13.3. The van der Waals surface area contributed by atoms with Crippen LogP contribution in [0.25, 0.3) is 0 Å². The van der Waals surface area contributed by atoms with Gasteiger partial charge in [0.25, 0.3) is 0 Å². The first-order valence-electron chi connectivity index (χ1n) is 14.1. The van der Waals surface area contributed by atoms with Gasteiger partial charge in [-0.2, -0.15) is 0 Å². The van der Waals surface area contributed by atoms with E-state index in [2.05, 4.69) is 45.7 Å². The van der Waals surface area contributed by atoms with Crippen molar-refractivity contribution in [3.05, 3.63) is 78.1 Å². The van der Waals surface area contributed by atoms with E-state index in [0.717, 1.165) is 50.6 Å². The number of quaternary nitrogens is 1. The van der Waals surface area contributed by atoms with E-state index < -0.39 is 5.41 Å². The summed E-state index contributed by atoms with van der Waals surface area (Å²) in [5, 5.41) is 2.57. The molecule has 0 aromatic heterocycles. The molecular formula is C32H45BrFN2O4+. The Balaban J connectivity index is 0.000000299. The molecule has 4 N–H and O–H groups in total. The van der Waals surface area contributed by atoms with Gasteiger partial charge in [0.15, 0.2) is 0 Å². The van der Waals surface area contributed by atoms with E-state index in [0.29, 0.717) is 24.8 Å². The zero-order valence-corrected chi connectivity index (χ0v) is 25.5. The van der Waals surface area contributed by atoms with Gasteiger partial charge in [0.2, 0.25) is 5.91 Å². The third-order valence-electron chi connectivity index (χ3n) is 7.43. The van der Waals surface area contributed by atoms with Crippen LogP contribution in [0.5, 0.6) is 5.75 Å². The lowest BCUT2D eigenvalue weighted by molar-refractivity contribution is -0.371. The molecule has 0 bridgehead atoms. The Labute approximate surface area is 247 Å². The van der Waals surface area contributed by atoms with E-state index in [1.807, 2.05) is 24.0 Å². The highest BCUT2D eigenvalue weighted by Gasteiger charge is 2.45. The normalized spacial score (nSPS) is 19.3. The molecule has 40 heavy (non-hydrogen) atoms. The summed E-state index contributed by atoms with van der Waals surface area (Å²) in [6.07, 6.45) is 8.24. The number of nitrogens with one attached hydrogen (secondary N) is 1. The molecule has 6 nitrogen and oxygen atoms in total. The number of hydrogen-bond donors (Lipinski definition) is 2. The maximum Gasteiger partial charge on any atom is 0.316 e. The lowest BCUT2D eigenvalue weighted by Gasteiger charge is -2.41. The average molecular weight is 621 g/mol. The molecular weight excluding hydrogens is 575 g/mol. The molecule has 8 heteroatoms. The van der Waals surface area contributed by atoms with Crippen molar-refractivity contribution in [2.24, 2.45) is 5.92 Å². The number of ether oxygens (including phenoxy) is 2. The van der Waals surface area contributed by atoms with Gasteiger partial charge in [-0.25, -0.2) is 4.39 Å². The zero-order chi connectivity index (χ0) is 29.4. The first-order chi connectivity index (χ1) is 19.4. The Hall–Kier alpha value is -2.71. The summed E-state index contributed by atoms with van der Waals surface area (Å²) in [7, 11) is 0. The van der Waals surface area contributed by atoms with E-state index >= 15 is 0 Å².